The van der Waals surface area contributed by atoms with E-state index in [0.717, 1.165) is 37.2 Å². The fourth-order valence-corrected chi connectivity index (χ4v) is 4.69. The van der Waals surface area contributed by atoms with E-state index >= 15 is 0 Å². The maximum atomic E-state index is 6.46. The molecule has 0 N–H and O–H groups in total. The van der Waals surface area contributed by atoms with Crippen molar-refractivity contribution < 1.29 is 9.47 Å². The highest BCUT2D eigenvalue weighted by Crippen LogP contribution is 2.41. The zero-order chi connectivity index (χ0) is 23.1. The summed E-state index contributed by atoms with van der Waals surface area (Å²) >= 11 is 0. The van der Waals surface area contributed by atoms with Crippen LogP contribution in [0.4, 0.5) is 0 Å². The van der Waals surface area contributed by atoms with Gasteiger partial charge in [-0.1, -0.05) is 85.6 Å². The molecule has 3 atom stereocenters. The monoisotopic (exact) mass is 432 g/mol. The summed E-state index contributed by atoms with van der Waals surface area (Å²) < 4.78 is 12.8. The number of rotatable bonds is 18. The van der Waals surface area contributed by atoms with Gasteiger partial charge in [0.05, 0.1) is 17.6 Å². The molecule has 0 saturated heterocycles. The summed E-state index contributed by atoms with van der Waals surface area (Å²) in [5.74, 6) is 3.41. The van der Waals surface area contributed by atoms with Crippen molar-refractivity contribution >= 4 is 0 Å². The second-order valence-electron chi connectivity index (χ2n) is 9.87. The summed E-state index contributed by atoms with van der Waals surface area (Å²) in [7, 11) is 0. The zero-order valence-electron chi connectivity index (χ0n) is 21.5. The van der Waals surface area contributed by atoms with Crippen LogP contribution in [-0.4, -0.2) is 12.2 Å². The van der Waals surface area contributed by atoms with Gasteiger partial charge in [0.2, 0.25) is 0 Å². The minimum Gasteiger partial charge on any atom is -0.495 e. The van der Waals surface area contributed by atoms with Gasteiger partial charge in [-0.3, -0.25) is 0 Å². The Morgan fingerprint density at radius 3 is 2.13 bits per heavy atom. The lowest BCUT2D eigenvalue weighted by Crippen LogP contribution is -2.24. The van der Waals surface area contributed by atoms with E-state index in [9.17, 15) is 0 Å². The highest BCUT2D eigenvalue weighted by atomic mass is 16.5. The van der Waals surface area contributed by atoms with Crippen LogP contribution in [0.25, 0.3) is 0 Å². The lowest BCUT2D eigenvalue weighted by molar-refractivity contribution is 0.0523. The Hall–Kier alpha value is -1.18. The molecule has 180 valence electrons. The predicted octanol–water partition coefficient (Wildman–Crippen LogP) is 9.37. The van der Waals surface area contributed by atoms with E-state index < -0.39 is 0 Å². The molecule has 0 aromatic rings. The van der Waals surface area contributed by atoms with Gasteiger partial charge in [0.15, 0.2) is 0 Å². The SMILES string of the molecule is C=C(CC1CCC(OC(=C)C(C)C)C1C/C=C\CC)OC(CCCCC)CCCCC. The summed E-state index contributed by atoms with van der Waals surface area (Å²) in [5.41, 5.74) is 0. The van der Waals surface area contributed by atoms with Crippen LogP contribution < -0.4 is 0 Å². The molecule has 3 unspecified atom stereocenters. The maximum absolute atomic E-state index is 6.46. The third-order valence-electron chi connectivity index (χ3n) is 6.74. The number of ether oxygens (including phenoxy) is 2. The van der Waals surface area contributed by atoms with Crippen LogP contribution in [-0.2, 0) is 9.47 Å². The first-order valence-electron chi connectivity index (χ1n) is 13.3. The second kappa shape index (κ2) is 16.5. The van der Waals surface area contributed by atoms with E-state index in [-0.39, 0.29) is 6.10 Å². The van der Waals surface area contributed by atoms with Crippen molar-refractivity contribution in [2.75, 3.05) is 0 Å². The lowest BCUT2D eigenvalue weighted by Gasteiger charge is -2.28. The molecule has 1 aliphatic carbocycles. The predicted molar refractivity (Wildman–Crippen MR) is 136 cm³/mol. The molecule has 0 amide bonds. The first kappa shape index (κ1) is 27.9. The van der Waals surface area contributed by atoms with Crippen LogP contribution in [0.2, 0.25) is 0 Å². The third-order valence-corrected chi connectivity index (χ3v) is 6.74. The van der Waals surface area contributed by atoms with Crippen molar-refractivity contribution in [3.05, 3.63) is 36.8 Å². The zero-order valence-corrected chi connectivity index (χ0v) is 21.5. The summed E-state index contributed by atoms with van der Waals surface area (Å²) in [6.07, 6.45) is 20.7. The van der Waals surface area contributed by atoms with Crippen molar-refractivity contribution in [1.82, 2.24) is 0 Å². The Kier molecular flexibility index (Phi) is 14.8. The number of unbranched alkanes of at least 4 members (excludes halogenated alkanes) is 4. The van der Waals surface area contributed by atoms with Gasteiger partial charge in [-0.05, 0) is 57.3 Å². The first-order valence-corrected chi connectivity index (χ1v) is 13.3. The van der Waals surface area contributed by atoms with Gasteiger partial charge < -0.3 is 9.47 Å². The third kappa shape index (κ3) is 11.3. The Balaban J connectivity index is 2.69. The minimum absolute atomic E-state index is 0.277. The average Bonchev–Trinajstić information content (AvgIpc) is 3.09. The molecule has 2 nitrogen and oxygen atoms in total. The quantitative estimate of drug-likeness (QED) is 0.122. The van der Waals surface area contributed by atoms with Gasteiger partial charge >= 0.3 is 0 Å². The molecular formula is C29H52O2. The number of hydrogen-bond donors (Lipinski definition) is 0. The first-order chi connectivity index (χ1) is 14.9. The fraction of sp³-hybridized carbons (Fsp3) is 0.793. The molecule has 1 aliphatic rings. The van der Waals surface area contributed by atoms with E-state index in [1.54, 1.807) is 0 Å². The molecule has 2 heteroatoms. The van der Waals surface area contributed by atoms with Crippen molar-refractivity contribution in [3.8, 4) is 0 Å². The van der Waals surface area contributed by atoms with Crippen LogP contribution in [0.3, 0.4) is 0 Å². The number of hydrogen-bond acceptors (Lipinski definition) is 2. The second-order valence-corrected chi connectivity index (χ2v) is 9.87. The van der Waals surface area contributed by atoms with E-state index in [1.807, 2.05) is 0 Å². The van der Waals surface area contributed by atoms with Crippen LogP contribution >= 0.6 is 0 Å². The molecule has 1 rings (SSSR count). The van der Waals surface area contributed by atoms with Crippen molar-refractivity contribution in [2.24, 2.45) is 17.8 Å². The van der Waals surface area contributed by atoms with Gasteiger partial charge in [0, 0.05) is 18.3 Å². The summed E-state index contributed by atoms with van der Waals surface area (Å²) in [6.45, 7) is 19.6. The highest BCUT2D eigenvalue weighted by Gasteiger charge is 2.37. The maximum Gasteiger partial charge on any atom is 0.102 e. The van der Waals surface area contributed by atoms with Gasteiger partial charge in [-0.25, -0.2) is 0 Å². The van der Waals surface area contributed by atoms with Crippen LogP contribution in [0, 0.1) is 17.8 Å². The Bertz CT molecular complexity index is 509. The summed E-state index contributed by atoms with van der Waals surface area (Å²) in [4.78, 5) is 0. The van der Waals surface area contributed by atoms with Crippen molar-refractivity contribution in [3.63, 3.8) is 0 Å². The molecule has 1 saturated carbocycles. The minimum atomic E-state index is 0.277. The molecule has 0 heterocycles. The normalized spacial score (nSPS) is 21.3. The largest absolute Gasteiger partial charge is 0.495 e. The van der Waals surface area contributed by atoms with Crippen LogP contribution in [0.5, 0.6) is 0 Å². The van der Waals surface area contributed by atoms with Gasteiger partial charge in [-0.2, -0.15) is 0 Å². The average molecular weight is 433 g/mol. The van der Waals surface area contributed by atoms with Gasteiger partial charge in [-0.15, -0.1) is 0 Å². The van der Waals surface area contributed by atoms with Gasteiger partial charge in [0.1, 0.15) is 6.10 Å². The molecule has 0 aromatic heterocycles. The molecule has 0 aliphatic heterocycles. The number of allylic oxidation sites excluding steroid dienone is 4. The molecule has 0 spiro atoms. The topological polar surface area (TPSA) is 18.5 Å². The van der Waals surface area contributed by atoms with Gasteiger partial charge in [0.25, 0.3) is 0 Å². The van der Waals surface area contributed by atoms with Crippen molar-refractivity contribution in [2.45, 2.75) is 130 Å². The highest BCUT2D eigenvalue weighted by molar-refractivity contribution is 5.00. The molecule has 0 aromatic carbocycles. The van der Waals surface area contributed by atoms with E-state index in [2.05, 4.69) is 59.9 Å². The molecule has 0 radical (unpaired) electrons. The molecular weight excluding hydrogens is 380 g/mol. The summed E-state index contributed by atoms with van der Waals surface area (Å²) in [6, 6.07) is 0. The Labute approximate surface area is 194 Å². The molecule has 0 bridgehead atoms. The lowest BCUT2D eigenvalue weighted by atomic mass is 9.88. The molecule has 1 fully saturated rings. The van der Waals surface area contributed by atoms with E-state index in [4.69, 9.17) is 9.47 Å². The standard InChI is InChI=1S/C29H52O2/c1-8-11-14-17-27(18-15-12-9-2)30-24(6)22-26-20-21-29(31-25(7)23(4)5)28(26)19-16-13-10-3/h13,16,23,26-29H,6-12,14-15,17-22H2,1-5H3/b16-13-. The smallest absolute Gasteiger partial charge is 0.102 e. The van der Waals surface area contributed by atoms with Crippen LogP contribution in [0.1, 0.15) is 118 Å². The van der Waals surface area contributed by atoms with E-state index in [1.165, 1.54) is 57.8 Å². The fourth-order valence-electron chi connectivity index (χ4n) is 4.69. The summed E-state index contributed by atoms with van der Waals surface area (Å²) in [5, 5.41) is 0. The van der Waals surface area contributed by atoms with E-state index in [0.29, 0.717) is 23.9 Å². The molecule has 31 heavy (non-hydrogen) atoms. The van der Waals surface area contributed by atoms with Crippen molar-refractivity contribution in [1.29, 1.82) is 0 Å². The Morgan fingerprint density at radius 1 is 0.935 bits per heavy atom. The van der Waals surface area contributed by atoms with Crippen LogP contribution in [0.15, 0.2) is 36.8 Å². The Morgan fingerprint density at radius 2 is 1.58 bits per heavy atom.